The molecule has 3 aromatic rings. The molecule has 2 aromatic heterocycles. The van der Waals surface area contributed by atoms with Gasteiger partial charge in [0.05, 0.1) is 19.9 Å². The summed E-state index contributed by atoms with van der Waals surface area (Å²) in [5.74, 6) is 2.26. The highest BCUT2D eigenvalue weighted by Gasteiger charge is 2.28. The first-order valence-corrected chi connectivity index (χ1v) is 11.3. The van der Waals surface area contributed by atoms with Crippen molar-refractivity contribution in [2.45, 2.75) is 38.5 Å². The number of carbonyl (C=O) groups excluding carboxylic acids is 1. The van der Waals surface area contributed by atoms with E-state index in [0.29, 0.717) is 17.2 Å². The molecule has 0 atom stereocenters. The molecule has 1 aromatic carbocycles. The fraction of sp³-hybridized carbons (Fsp3) is 0.458. The van der Waals surface area contributed by atoms with Gasteiger partial charge in [0.25, 0.3) is 0 Å². The third kappa shape index (κ3) is 3.74. The van der Waals surface area contributed by atoms with Gasteiger partial charge in [-0.25, -0.2) is 9.50 Å². The number of hydrogen-bond acceptors (Lipinski definition) is 6. The molecule has 8 heteroatoms. The largest absolute Gasteiger partial charge is 0.493 e. The lowest BCUT2D eigenvalue weighted by Crippen LogP contribution is -2.38. The number of hydrogen-bond donors (Lipinski definition) is 1. The molecule has 1 aliphatic heterocycles. The minimum Gasteiger partial charge on any atom is -0.493 e. The predicted molar refractivity (Wildman–Crippen MR) is 123 cm³/mol. The summed E-state index contributed by atoms with van der Waals surface area (Å²) in [5.41, 5.74) is 4.44. The third-order valence-electron chi connectivity index (χ3n) is 6.61. The van der Waals surface area contributed by atoms with Gasteiger partial charge in [0.1, 0.15) is 5.52 Å². The highest BCUT2D eigenvalue weighted by molar-refractivity contribution is 5.93. The molecule has 1 amide bonds. The Labute approximate surface area is 187 Å². The van der Waals surface area contributed by atoms with Gasteiger partial charge in [-0.15, -0.1) is 0 Å². The number of carbonyl (C=O) groups is 1. The molecule has 3 heterocycles. The lowest BCUT2D eigenvalue weighted by Gasteiger charge is -2.32. The maximum Gasteiger partial charge on any atom is 0.227 e. The molecule has 0 spiro atoms. The molecule has 1 aliphatic carbocycles. The van der Waals surface area contributed by atoms with Crippen molar-refractivity contribution in [3.63, 3.8) is 0 Å². The van der Waals surface area contributed by atoms with Crippen LogP contribution in [0.5, 0.6) is 11.5 Å². The minimum absolute atomic E-state index is 0.0297. The number of ether oxygens (including phenoxy) is 2. The number of rotatable bonds is 5. The second-order valence-corrected chi connectivity index (χ2v) is 8.50. The zero-order valence-electron chi connectivity index (χ0n) is 18.6. The van der Waals surface area contributed by atoms with E-state index in [1.165, 1.54) is 24.1 Å². The Morgan fingerprint density at radius 1 is 1.09 bits per heavy atom. The fourth-order valence-electron chi connectivity index (χ4n) is 4.89. The maximum atomic E-state index is 12.9. The monoisotopic (exact) mass is 435 g/mol. The van der Waals surface area contributed by atoms with E-state index in [4.69, 9.17) is 19.6 Å². The number of piperidine rings is 1. The Morgan fingerprint density at radius 3 is 2.66 bits per heavy atom. The molecule has 8 nitrogen and oxygen atoms in total. The number of methoxy groups -OCH3 is 2. The van der Waals surface area contributed by atoms with Crippen molar-refractivity contribution in [1.29, 1.82) is 0 Å². The average Bonchev–Trinajstić information content (AvgIpc) is 3.23. The van der Waals surface area contributed by atoms with E-state index in [2.05, 4.69) is 10.2 Å². The first kappa shape index (κ1) is 20.6. The van der Waals surface area contributed by atoms with E-state index in [-0.39, 0.29) is 11.8 Å². The lowest BCUT2D eigenvalue weighted by molar-refractivity contribution is -0.120. The molecule has 1 fully saturated rings. The van der Waals surface area contributed by atoms with Gasteiger partial charge in [-0.2, -0.15) is 5.10 Å². The van der Waals surface area contributed by atoms with Crippen LogP contribution in [0, 0.1) is 5.92 Å². The van der Waals surface area contributed by atoms with Crippen molar-refractivity contribution in [2.75, 3.05) is 37.5 Å². The Morgan fingerprint density at radius 2 is 1.88 bits per heavy atom. The van der Waals surface area contributed by atoms with E-state index >= 15 is 0 Å². The molecular formula is C24H29N5O3. The Balaban J connectivity index is 1.28. The van der Waals surface area contributed by atoms with E-state index in [1.54, 1.807) is 26.4 Å². The van der Waals surface area contributed by atoms with Gasteiger partial charge in [0.2, 0.25) is 5.91 Å². The first-order valence-electron chi connectivity index (χ1n) is 11.3. The lowest BCUT2D eigenvalue weighted by atomic mass is 9.94. The standard InChI is InChI=1S/C24H29N5O3/c1-31-20-8-7-17(15-21(20)32-2)26-24(30)16-9-12-28(13-10-16)23-22-18-5-3-4-6-19(18)27-29(22)14-11-25-23/h7-8,11,14-16H,3-6,9-10,12-13H2,1-2H3,(H,26,30). The van der Waals surface area contributed by atoms with Crippen molar-refractivity contribution >= 4 is 22.9 Å². The number of aryl methyl sites for hydroxylation is 2. The molecule has 0 radical (unpaired) electrons. The molecule has 0 unspecified atom stereocenters. The molecule has 0 saturated carbocycles. The summed E-state index contributed by atoms with van der Waals surface area (Å²) in [4.78, 5) is 19.9. The van der Waals surface area contributed by atoms with Crippen LogP contribution in [0.15, 0.2) is 30.6 Å². The van der Waals surface area contributed by atoms with Crippen molar-refractivity contribution in [3.05, 3.63) is 41.9 Å². The molecule has 168 valence electrons. The number of nitrogens with zero attached hydrogens (tertiary/aromatic N) is 4. The Kier molecular flexibility index (Phi) is 5.59. The summed E-state index contributed by atoms with van der Waals surface area (Å²) in [6.07, 6.45) is 9.89. The van der Waals surface area contributed by atoms with Crippen LogP contribution in [-0.2, 0) is 17.6 Å². The van der Waals surface area contributed by atoms with Crippen molar-refractivity contribution in [3.8, 4) is 11.5 Å². The Hall–Kier alpha value is -3.29. The van der Waals surface area contributed by atoms with Gasteiger partial charge >= 0.3 is 0 Å². The Bertz CT molecular complexity index is 1130. The molecule has 5 rings (SSSR count). The summed E-state index contributed by atoms with van der Waals surface area (Å²) >= 11 is 0. The summed E-state index contributed by atoms with van der Waals surface area (Å²) in [5, 5.41) is 7.83. The van der Waals surface area contributed by atoms with Gasteiger partial charge in [-0.3, -0.25) is 4.79 Å². The van der Waals surface area contributed by atoms with Crippen LogP contribution in [0.3, 0.4) is 0 Å². The van der Waals surface area contributed by atoms with Crippen molar-refractivity contribution in [2.24, 2.45) is 5.92 Å². The van der Waals surface area contributed by atoms with Gasteiger partial charge < -0.3 is 19.7 Å². The molecule has 1 N–H and O–H groups in total. The number of benzene rings is 1. The van der Waals surface area contributed by atoms with Crippen molar-refractivity contribution in [1.82, 2.24) is 14.6 Å². The van der Waals surface area contributed by atoms with Crippen LogP contribution in [0.1, 0.15) is 36.9 Å². The van der Waals surface area contributed by atoms with Crippen LogP contribution in [0.4, 0.5) is 11.5 Å². The van der Waals surface area contributed by atoms with Gasteiger partial charge in [0.15, 0.2) is 17.3 Å². The minimum atomic E-state index is -0.0297. The summed E-state index contributed by atoms with van der Waals surface area (Å²) in [6.45, 7) is 1.60. The second-order valence-electron chi connectivity index (χ2n) is 8.50. The topological polar surface area (TPSA) is 81.0 Å². The average molecular weight is 436 g/mol. The summed E-state index contributed by atoms with van der Waals surface area (Å²) in [7, 11) is 3.19. The number of aromatic nitrogens is 3. The van der Waals surface area contributed by atoms with Gasteiger partial charge in [-0.05, 0) is 50.7 Å². The van der Waals surface area contributed by atoms with E-state index in [9.17, 15) is 4.79 Å². The van der Waals surface area contributed by atoms with E-state index in [0.717, 1.165) is 50.1 Å². The zero-order chi connectivity index (χ0) is 22.1. The molecule has 2 aliphatic rings. The SMILES string of the molecule is COc1ccc(NC(=O)C2CCN(c3nccn4nc5c(c34)CCCC5)CC2)cc1OC. The van der Waals surface area contributed by atoms with Crippen molar-refractivity contribution < 1.29 is 14.3 Å². The number of anilines is 2. The molecule has 32 heavy (non-hydrogen) atoms. The number of nitrogens with one attached hydrogen (secondary N) is 1. The number of fused-ring (bicyclic) bond motifs is 3. The van der Waals surface area contributed by atoms with Crippen LogP contribution >= 0.6 is 0 Å². The maximum absolute atomic E-state index is 12.9. The number of amides is 1. The first-order chi connectivity index (χ1) is 15.7. The molecular weight excluding hydrogens is 406 g/mol. The van der Waals surface area contributed by atoms with E-state index in [1.807, 2.05) is 23.0 Å². The van der Waals surface area contributed by atoms with Crippen LogP contribution in [0.2, 0.25) is 0 Å². The fourth-order valence-corrected chi connectivity index (χ4v) is 4.89. The quantitative estimate of drug-likeness (QED) is 0.661. The smallest absolute Gasteiger partial charge is 0.227 e. The second kappa shape index (κ2) is 8.68. The highest BCUT2D eigenvalue weighted by Crippen LogP contribution is 2.33. The third-order valence-corrected chi connectivity index (χ3v) is 6.61. The van der Waals surface area contributed by atoms with Gasteiger partial charge in [-0.1, -0.05) is 0 Å². The highest BCUT2D eigenvalue weighted by atomic mass is 16.5. The van der Waals surface area contributed by atoms with E-state index < -0.39 is 0 Å². The molecule has 1 saturated heterocycles. The zero-order valence-corrected chi connectivity index (χ0v) is 18.6. The van der Waals surface area contributed by atoms with Gasteiger partial charge in [0, 0.05) is 48.7 Å². The van der Waals surface area contributed by atoms with Crippen LogP contribution in [-0.4, -0.2) is 47.8 Å². The van der Waals surface area contributed by atoms with Crippen LogP contribution in [0.25, 0.3) is 5.52 Å². The normalized spacial score (nSPS) is 16.6. The summed E-state index contributed by atoms with van der Waals surface area (Å²) in [6, 6.07) is 5.43. The predicted octanol–water partition coefficient (Wildman–Crippen LogP) is 3.48. The molecule has 0 bridgehead atoms. The van der Waals surface area contributed by atoms with Crippen LogP contribution < -0.4 is 19.7 Å². The summed E-state index contributed by atoms with van der Waals surface area (Å²) < 4.78 is 12.6.